The average Bonchev–Trinajstić information content (AvgIpc) is 3.46. The zero-order valence-electron chi connectivity index (χ0n) is 35.7. The van der Waals surface area contributed by atoms with Crippen molar-refractivity contribution in [1.29, 1.82) is 0 Å². The number of rotatable bonds is 22. The van der Waals surface area contributed by atoms with Gasteiger partial charge in [-0.05, 0) is 81.2 Å². The topological polar surface area (TPSA) is 329 Å². The zero-order chi connectivity index (χ0) is 48.8. The molecule has 5 rings (SSSR count). The molecule has 0 aromatic heterocycles. The lowest BCUT2D eigenvalue weighted by Gasteiger charge is -2.62. The molecule has 0 radical (unpaired) electrons. The van der Waals surface area contributed by atoms with Crippen molar-refractivity contribution < 1.29 is 96.4 Å². The summed E-state index contributed by atoms with van der Waals surface area (Å²) in [4.78, 5) is 110. The number of ketones is 2. The largest absolute Gasteiger partial charge is 0.514 e. The highest BCUT2D eigenvalue weighted by Crippen LogP contribution is 2.70. The first-order valence-corrected chi connectivity index (χ1v) is 20.5. The second-order valence-electron chi connectivity index (χ2n) is 16.5. The number of carbonyl (C=O) groups is 5. The maximum Gasteiger partial charge on any atom is 0.514 e. The van der Waals surface area contributed by atoms with Crippen molar-refractivity contribution in [2.75, 3.05) is 33.5 Å². The molecule has 0 amide bonds. The van der Waals surface area contributed by atoms with Crippen LogP contribution in [0.15, 0.2) is 41.8 Å². The molecule has 66 heavy (non-hydrogen) atoms. The molecule has 0 heterocycles. The van der Waals surface area contributed by atoms with Crippen LogP contribution in [-0.4, -0.2) is 118 Å². The third-order valence-corrected chi connectivity index (χ3v) is 12.9. The lowest BCUT2D eigenvalue weighted by atomic mass is 9.45. The SMILES string of the molecule is COc1cc(C(=O)OCCCCC(CO[N+](=O)[O-])O[N+](=O)[O-])ccc1OC(=O)OCC(=O)[C@@]1(OC(=O)CCCO[N+](=O)[O-])[C@H](O)CC2C3CC(F)=C4CC(=O)C=C[C@]4(C)[C@@]3(F)[C@@H](O)C[C@@]21C. The third kappa shape index (κ3) is 9.97. The van der Waals surface area contributed by atoms with Gasteiger partial charge in [0, 0.05) is 36.0 Å². The summed E-state index contributed by atoms with van der Waals surface area (Å²) in [5, 5.41) is 51.9. The summed E-state index contributed by atoms with van der Waals surface area (Å²) < 4.78 is 60.3. The van der Waals surface area contributed by atoms with Gasteiger partial charge in [0.05, 0.1) is 32.0 Å². The summed E-state index contributed by atoms with van der Waals surface area (Å²) in [6.45, 7) is -0.0125. The molecule has 0 spiro atoms. The molecule has 0 aliphatic heterocycles. The Hall–Kier alpha value is -6.57. The van der Waals surface area contributed by atoms with E-state index in [2.05, 4.69) is 14.5 Å². The third-order valence-electron chi connectivity index (χ3n) is 12.9. The predicted molar refractivity (Wildman–Crippen MR) is 210 cm³/mol. The monoisotopic (exact) mass is 943 g/mol. The number of fused-ring (bicyclic) bond motifs is 5. The average molecular weight is 944 g/mol. The molecule has 2 N–H and O–H groups in total. The van der Waals surface area contributed by atoms with Gasteiger partial charge >= 0.3 is 18.1 Å². The summed E-state index contributed by atoms with van der Waals surface area (Å²) in [6.07, 6.45) is -7.25. The van der Waals surface area contributed by atoms with E-state index >= 15 is 8.78 Å². The Bertz CT molecular complexity index is 2170. The molecule has 2 fully saturated rings. The van der Waals surface area contributed by atoms with Gasteiger partial charge in [-0.15, -0.1) is 30.3 Å². The first kappa shape index (κ1) is 50.4. The highest BCUT2D eigenvalue weighted by molar-refractivity contribution is 5.95. The number of carbonyl (C=O) groups excluding carboxylic acids is 5. The first-order chi connectivity index (χ1) is 31.0. The number of unbranched alkanes of at least 4 members (excludes halogenated alkanes) is 1. The van der Waals surface area contributed by atoms with Crippen LogP contribution in [0.25, 0.3) is 0 Å². The number of aliphatic hydroxyl groups excluding tert-OH is 2. The molecule has 3 unspecified atom stereocenters. The Morgan fingerprint density at radius 3 is 2.30 bits per heavy atom. The van der Waals surface area contributed by atoms with Gasteiger partial charge in [0.1, 0.15) is 24.6 Å². The number of hydrogen-bond donors (Lipinski definition) is 2. The van der Waals surface area contributed by atoms with Gasteiger partial charge in [-0.3, -0.25) is 14.4 Å². The molecule has 2 saturated carbocycles. The number of aliphatic hydroxyl groups is 2. The molecule has 26 heteroatoms. The summed E-state index contributed by atoms with van der Waals surface area (Å²) in [7, 11) is 1.16. The number of benzene rings is 1. The Labute approximate surface area is 372 Å². The number of nitrogens with zero attached hydrogens (tertiary/aromatic N) is 3. The fourth-order valence-corrected chi connectivity index (χ4v) is 9.89. The van der Waals surface area contributed by atoms with E-state index in [0.29, 0.717) is 0 Å². The molecule has 362 valence electrons. The Morgan fingerprint density at radius 2 is 1.64 bits per heavy atom. The van der Waals surface area contributed by atoms with Crippen molar-refractivity contribution in [1.82, 2.24) is 0 Å². The van der Waals surface area contributed by atoms with Crippen LogP contribution in [0.4, 0.5) is 13.6 Å². The Balaban J connectivity index is 1.29. The Kier molecular flexibility index (Phi) is 15.5. The first-order valence-electron chi connectivity index (χ1n) is 20.5. The van der Waals surface area contributed by atoms with Crippen LogP contribution >= 0.6 is 0 Å². The van der Waals surface area contributed by atoms with Crippen molar-refractivity contribution >= 4 is 29.7 Å². The van der Waals surface area contributed by atoms with Crippen molar-refractivity contribution in [2.24, 2.45) is 22.7 Å². The standard InChI is InChI=1S/C40H47F2N3O21/c1-37-12-11-23(46)16-27(37)28(41)17-26-25-18-31(47)40(38(25,2)19-32(48)39(26,37)42,65-34(50)8-6-14-62-43(53)54)33(49)21-61-36(52)64-29-10-9-22(15-30(29)59-3)35(51)60-13-5-4-7-24(66-45(57)58)20-63-44(55)56/h9-12,15,24-26,31-32,47-48H,4-8,13-14,16-21H2,1-3H3/t24?,25?,26?,31-,32+,37+,38+,39+,40+/m1/s1. The lowest BCUT2D eigenvalue weighted by Crippen LogP contribution is -2.70. The van der Waals surface area contributed by atoms with Crippen molar-refractivity contribution in [3.8, 4) is 11.5 Å². The highest BCUT2D eigenvalue weighted by atomic mass is 19.1. The van der Waals surface area contributed by atoms with Gasteiger partial charge in [-0.1, -0.05) is 13.0 Å². The molecular weight excluding hydrogens is 896 g/mol. The minimum atomic E-state index is -2.68. The minimum absolute atomic E-state index is 0.0461. The molecule has 4 aliphatic carbocycles. The summed E-state index contributed by atoms with van der Waals surface area (Å²) in [6, 6.07) is 3.40. The van der Waals surface area contributed by atoms with E-state index in [4.69, 9.17) is 23.7 Å². The van der Waals surface area contributed by atoms with Gasteiger partial charge in [-0.25, -0.2) is 18.4 Å². The van der Waals surface area contributed by atoms with Crippen LogP contribution in [0.5, 0.6) is 11.5 Å². The predicted octanol–water partition coefficient (Wildman–Crippen LogP) is 3.80. The summed E-state index contributed by atoms with van der Waals surface area (Å²) in [5.41, 5.74) is -9.26. The van der Waals surface area contributed by atoms with Crippen LogP contribution in [0.1, 0.15) is 82.0 Å². The van der Waals surface area contributed by atoms with E-state index in [0.717, 1.165) is 25.3 Å². The van der Waals surface area contributed by atoms with E-state index in [1.54, 1.807) is 0 Å². The molecule has 4 aliphatic rings. The van der Waals surface area contributed by atoms with Gasteiger partial charge in [0.25, 0.3) is 15.3 Å². The van der Waals surface area contributed by atoms with Crippen molar-refractivity contribution in [2.45, 2.75) is 101 Å². The molecule has 1 aromatic carbocycles. The molecule has 0 bridgehead atoms. The number of allylic oxidation sites excluding steroid dienone is 4. The van der Waals surface area contributed by atoms with Gasteiger partial charge < -0.3 is 48.4 Å². The minimum Gasteiger partial charge on any atom is -0.493 e. The summed E-state index contributed by atoms with van der Waals surface area (Å²) in [5.74, 6) is -7.77. The zero-order valence-corrected chi connectivity index (χ0v) is 35.7. The van der Waals surface area contributed by atoms with Crippen molar-refractivity contribution in [3.63, 3.8) is 0 Å². The lowest BCUT2D eigenvalue weighted by molar-refractivity contribution is -0.790. The van der Waals surface area contributed by atoms with E-state index in [-0.39, 0.29) is 54.9 Å². The van der Waals surface area contributed by atoms with Crippen LogP contribution in [0.3, 0.4) is 0 Å². The second-order valence-corrected chi connectivity index (χ2v) is 16.5. The number of methoxy groups -OCH3 is 1. The molecular formula is C40H47F2N3O21. The van der Waals surface area contributed by atoms with Gasteiger partial charge in [-0.2, -0.15) is 0 Å². The fraction of sp³-hybridized carbons (Fsp3) is 0.625. The number of halogens is 2. The normalized spacial score (nSPS) is 28.9. The number of Topliss-reactive ketones (excluding diaryl/α,β-unsaturated/α-hetero) is 1. The maximum atomic E-state index is 17.8. The smallest absolute Gasteiger partial charge is 0.493 e. The van der Waals surface area contributed by atoms with E-state index in [1.165, 1.54) is 26.0 Å². The fourth-order valence-electron chi connectivity index (χ4n) is 9.89. The van der Waals surface area contributed by atoms with Crippen LogP contribution in [0.2, 0.25) is 0 Å². The second kappa shape index (κ2) is 20.3. The number of hydrogen-bond acceptors (Lipinski definition) is 21. The van der Waals surface area contributed by atoms with Gasteiger partial charge in [0.15, 0.2) is 29.6 Å². The van der Waals surface area contributed by atoms with E-state index in [9.17, 15) is 64.5 Å². The van der Waals surface area contributed by atoms with Crippen LogP contribution < -0.4 is 9.47 Å². The quantitative estimate of drug-likeness (QED) is 0.0417. The van der Waals surface area contributed by atoms with Crippen LogP contribution in [0, 0.1) is 53.0 Å². The van der Waals surface area contributed by atoms with Crippen molar-refractivity contribution in [3.05, 3.63) is 77.7 Å². The molecule has 0 saturated heterocycles. The molecule has 24 nitrogen and oxygen atoms in total. The molecule has 1 aromatic rings. The summed E-state index contributed by atoms with van der Waals surface area (Å²) >= 11 is 0. The van der Waals surface area contributed by atoms with E-state index in [1.807, 2.05) is 0 Å². The van der Waals surface area contributed by atoms with Crippen LogP contribution in [-0.2, 0) is 43.1 Å². The number of alkyl halides is 1. The molecule has 9 atom stereocenters. The highest BCUT2D eigenvalue weighted by Gasteiger charge is 2.78. The number of esters is 2. The van der Waals surface area contributed by atoms with Gasteiger partial charge in [0.2, 0.25) is 11.4 Å². The number of ether oxygens (including phenoxy) is 5. The maximum absolute atomic E-state index is 17.8. The Morgan fingerprint density at radius 1 is 0.924 bits per heavy atom. The van der Waals surface area contributed by atoms with E-state index < -0.39 is 155 Å².